The van der Waals surface area contributed by atoms with Gasteiger partial charge in [-0.25, -0.2) is 8.42 Å². The number of carbonyl (C=O) groups is 1. The first-order valence-corrected chi connectivity index (χ1v) is 8.58. The van der Waals surface area contributed by atoms with Crippen LogP contribution in [0.1, 0.15) is 16.1 Å². The number of rotatable bonds is 1. The molecule has 17 heavy (non-hydrogen) atoms. The summed E-state index contributed by atoms with van der Waals surface area (Å²) in [5.74, 6) is 0.0961. The van der Waals surface area contributed by atoms with E-state index in [0.717, 1.165) is 3.79 Å². The molecule has 1 amide bonds. The minimum atomic E-state index is -2.93. The zero-order chi connectivity index (χ0) is 12.2. The average Bonchev–Trinajstić information content (AvgIpc) is 2.89. The van der Waals surface area contributed by atoms with E-state index in [4.69, 9.17) is 0 Å². The standard InChI is InChI=1S/C10H10BrNO3S2/c11-9-2-1-8(16-9)10(13)12-4-7-3-6(12)5-17(7,14)15/h1-2,6-7H,3-5H2/t6-,7+/m0/s1. The van der Waals surface area contributed by atoms with E-state index in [1.165, 1.54) is 11.3 Å². The second-order valence-electron chi connectivity index (χ2n) is 4.40. The van der Waals surface area contributed by atoms with Gasteiger partial charge in [0.25, 0.3) is 5.91 Å². The molecule has 0 aromatic carbocycles. The van der Waals surface area contributed by atoms with Gasteiger partial charge in [-0.05, 0) is 34.5 Å². The van der Waals surface area contributed by atoms with Crippen LogP contribution in [-0.4, -0.2) is 42.8 Å². The fraction of sp³-hybridized carbons (Fsp3) is 0.500. The molecule has 0 spiro atoms. The molecule has 0 saturated carbocycles. The van der Waals surface area contributed by atoms with Crippen molar-refractivity contribution in [3.05, 3.63) is 20.8 Å². The predicted octanol–water partition coefficient (Wildman–Crippen LogP) is 1.52. The van der Waals surface area contributed by atoms with Gasteiger partial charge in [-0.2, -0.15) is 0 Å². The molecule has 1 aromatic rings. The van der Waals surface area contributed by atoms with E-state index >= 15 is 0 Å². The Morgan fingerprint density at radius 1 is 1.47 bits per heavy atom. The van der Waals surface area contributed by atoms with Crippen LogP contribution < -0.4 is 0 Å². The van der Waals surface area contributed by atoms with Crippen molar-refractivity contribution in [2.75, 3.05) is 12.3 Å². The Hall–Kier alpha value is -0.400. The van der Waals surface area contributed by atoms with Crippen LogP contribution in [0, 0.1) is 0 Å². The van der Waals surface area contributed by atoms with Crippen molar-refractivity contribution in [2.24, 2.45) is 0 Å². The van der Waals surface area contributed by atoms with Crippen molar-refractivity contribution >= 4 is 43.0 Å². The molecule has 3 rings (SSSR count). The van der Waals surface area contributed by atoms with Gasteiger partial charge in [0.05, 0.1) is 19.7 Å². The van der Waals surface area contributed by atoms with Crippen LogP contribution in [0.15, 0.2) is 15.9 Å². The van der Waals surface area contributed by atoms with Gasteiger partial charge in [0.15, 0.2) is 9.84 Å². The maximum absolute atomic E-state index is 12.2. The van der Waals surface area contributed by atoms with Crippen LogP contribution in [0.25, 0.3) is 0 Å². The minimum absolute atomic E-state index is 0.0388. The first-order chi connectivity index (χ1) is 7.97. The van der Waals surface area contributed by atoms with Crippen molar-refractivity contribution in [3.63, 3.8) is 0 Å². The van der Waals surface area contributed by atoms with E-state index in [2.05, 4.69) is 15.9 Å². The average molecular weight is 336 g/mol. The van der Waals surface area contributed by atoms with Crippen LogP contribution in [0.3, 0.4) is 0 Å². The first kappa shape index (κ1) is 11.7. The summed E-state index contributed by atoms with van der Waals surface area (Å²) in [5.41, 5.74) is 0. The summed E-state index contributed by atoms with van der Waals surface area (Å²) in [6, 6.07) is 3.50. The Bertz CT molecular complexity index is 580. The molecule has 0 unspecified atom stereocenters. The Labute approximate surface area is 112 Å². The number of amides is 1. The van der Waals surface area contributed by atoms with Crippen LogP contribution in [0.4, 0.5) is 0 Å². The molecule has 3 heterocycles. The number of hydrogen-bond donors (Lipinski definition) is 0. The number of fused-ring (bicyclic) bond motifs is 2. The van der Waals surface area contributed by atoms with E-state index < -0.39 is 9.84 Å². The van der Waals surface area contributed by atoms with Crippen molar-refractivity contribution < 1.29 is 13.2 Å². The summed E-state index contributed by atoms with van der Waals surface area (Å²) in [4.78, 5) is 14.6. The maximum Gasteiger partial charge on any atom is 0.264 e. The van der Waals surface area contributed by atoms with Crippen molar-refractivity contribution in [1.29, 1.82) is 0 Å². The number of likely N-dealkylation sites (tertiary alicyclic amines) is 1. The van der Waals surface area contributed by atoms with E-state index in [-0.39, 0.29) is 23.0 Å². The lowest BCUT2D eigenvalue weighted by Crippen LogP contribution is -2.43. The van der Waals surface area contributed by atoms with E-state index in [9.17, 15) is 13.2 Å². The number of hydrogen-bond acceptors (Lipinski definition) is 4. The van der Waals surface area contributed by atoms with Gasteiger partial charge in [0.1, 0.15) is 0 Å². The number of halogens is 1. The molecule has 2 bridgehead atoms. The zero-order valence-electron chi connectivity index (χ0n) is 8.80. The number of nitrogens with zero attached hydrogens (tertiary/aromatic N) is 1. The fourth-order valence-corrected chi connectivity index (χ4v) is 5.89. The van der Waals surface area contributed by atoms with Gasteiger partial charge in [0.2, 0.25) is 0 Å². The lowest BCUT2D eigenvalue weighted by atomic mass is 10.2. The van der Waals surface area contributed by atoms with Crippen molar-refractivity contribution in [1.82, 2.24) is 4.90 Å². The van der Waals surface area contributed by atoms with Crippen LogP contribution in [-0.2, 0) is 9.84 Å². The third-order valence-electron chi connectivity index (χ3n) is 3.35. The van der Waals surface area contributed by atoms with Crippen molar-refractivity contribution in [3.8, 4) is 0 Å². The third kappa shape index (κ3) is 1.84. The number of carbonyl (C=O) groups excluding carboxylic acids is 1. The van der Waals surface area contributed by atoms with E-state index in [1.807, 2.05) is 6.07 Å². The molecule has 0 aliphatic carbocycles. The summed E-state index contributed by atoms with van der Waals surface area (Å²) < 4.78 is 24.1. The van der Waals surface area contributed by atoms with Crippen LogP contribution in [0.2, 0.25) is 0 Å². The highest BCUT2D eigenvalue weighted by atomic mass is 79.9. The molecule has 2 saturated heterocycles. The summed E-state index contributed by atoms with van der Waals surface area (Å²) >= 11 is 4.71. The quantitative estimate of drug-likeness (QED) is 0.781. The van der Waals surface area contributed by atoms with Gasteiger partial charge >= 0.3 is 0 Å². The Morgan fingerprint density at radius 3 is 2.71 bits per heavy atom. The molecule has 0 N–H and O–H groups in total. The van der Waals surface area contributed by atoms with Gasteiger partial charge in [-0.15, -0.1) is 11.3 Å². The lowest BCUT2D eigenvalue weighted by Gasteiger charge is -2.26. The Kier molecular flexibility index (Phi) is 2.61. The second-order valence-corrected chi connectivity index (χ2v) is 9.19. The van der Waals surface area contributed by atoms with Gasteiger partial charge in [0, 0.05) is 12.6 Å². The zero-order valence-corrected chi connectivity index (χ0v) is 12.0. The Morgan fingerprint density at radius 2 is 2.24 bits per heavy atom. The monoisotopic (exact) mass is 335 g/mol. The molecule has 0 radical (unpaired) electrons. The highest BCUT2D eigenvalue weighted by molar-refractivity contribution is 9.11. The van der Waals surface area contributed by atoms with Gasteiger partial charge in [-0.1, -0.05) is 0 Å². The van der Waals surface area contributed by atoms with Crippen molar-refractivity contribution in [2.45, 2.75) is 17.7 Å². The summed E-state index contributed by atoms with van der Waals surface area (Å²) in [5, 5.41) is -0.333. The SMILES string of the molecule is O=C(c1ccc(Br)s1)N1C[C@H]2C[C@H]1CS2(=O)=O. The Balaban J connectivity index is 1.83. The second kappa shape index (κ2) is 3.80. The molecule has 2 fully saturated rings. The highest BCUT2D eigenvalue weighted by Gasteiger charge is 2.50. The summed E-state index contributed by atoms with van der Waals surface area (Å²) in [7, 11) is -2.93. The van der Waals surface area contributed by atoms with Gasteiger partial charge in [-0.3, -0.25) is 4.79 Å². The summed E-state index contributed by atoms with van der Waals surface area (Å²) in [6.07, 6.45) is 0.612. The molecule has 4 nitrogen and oxygen atoms in total. The summed E-state index contributed by atoms with van der Waals surface area (Å²) in [6.45, 7) is 0.362. The molecule has 2 aliphatic rings. The molecule has 2 atom stereocenters. The van der Waals surface area contributed by atoms with Crippen LogP contribution in [0.5, 0.6) is 0 Å². The molecule has 92 valence electrons. The van der Waals surface area contributed by atoms with E-state index in [1.54, 1.807) is 11.0 Å². The van der Waals surface area contributed by atoms with E-state index in [0.29, 0.717) is 17.8 Å². The lowest BCUT2D eigenvalue weighted by molar-refractivity contribution is 0.0751. The largest absolute Gasteiger partial charge is 0.333 e. The molecule has 7 heteroatoms. The molecular weight excluding hydrogens is 326 g/mol. The highest BCUT2D eigenvalue weighted by Crippen LogP contribution is 2.35. The fourth-order valence-electron chi connectivity index (χ4n) is 2.52. The molecule has 1 aromatic heterocycles. The predicted molar refractivity (Wildman–Crippen MR) is 69.0 cm³/mol. The third-order valence-corrected chi connectivity index (χ3v) is 7.17. The molecule has 2 aliphatic heterocycles. The normalized spacial score (nSPS) is 29.8. The molecular formula is C10H10BrNO3S2. The number of sulfone groups is 1. The first-order valence-electron chi connectivity index (χ1n) is 5.25. The topological polar surface area (TPSA) is 54.5 Å². The smallest absolute Gasteiger partial charge is 0.264 e. The van der Waals surface area contributed by atoms with Crippen LogP contribution >= 0.6 is 27.3 Å². The van der Waals surface area contributed by atoms with Gasteiger partial charge < -0.3 is 4.90 Å². The maximum atomic E-state index is 12.2. The minimum Gasteiger partial charge on any atom is -0.333 e. The number of thiophene rings is 1.